The molecule has 0 saturated heterocycles. The number of nitrogens with zero attached hydrogens (tertiary/aromatic N) is 2. The van der Waals surface area contributed by atoms with Crippen LogP contribution in [-0.4, -0.2) is 10.5 Å². The maximum Gasteiger partial charge on any atom is 0.144 e. The quantitative estimate of drug-likeness (QED) is 0.892. The van der Waals surface area contributed by atoms with E-state index in [4.69, 9.17) is 4.98 Å². The smallest absolute Gasteiger partial charge is 0.144 e. The third kappa shape index (κ3) is 2.89. The molecule has 19 heavy (non-hydrogen) atoms. The zero-order valence-electron chi connectivity index (χ0n) is 12.2. The first-order valence-electron chi connectivity index (χ1n) is 7.33. The average Bonchev–Trinajstić information content (AvgIpc) is 2.46. The van der Waals surface area contributed by atoms with Crippen LogP contribution in [-0.2, 0) is 12.8 Å². The molecule has 0 amide bonds. The Balaban J connectivity index is 2.37. The molecule has 102 valence electrons. The van der Waals surface area contributed by atoms with Crippen LogP contribution in [0.15, 0.2) is 6.07 Å². The summed E-state index contributed by atoms with van der Waals surface area (Å²) in [6.45, 7) is 6.52. The lowest BCUT2D eigenvalue weighted by Crippen LogP contribution is -2.34. The lowest BCUT2D eigenvalue weighted by molar-refractivity contribution is 0.476. The molecule has 0 unspecified atom stereocenters. The van der Waals surface area contributed by atoms with E-state index in [9.17, 15) is 5.26 Å². The highest BCUT2D eigenvalue weighted by atomic mass is 15.1. The molecule has 1 N–H and O–H groups in total. The van der Waals surface area contributed by atoms with E-state index in [1.165, 1.54) is 24.1 Å². The monoisotopic (exact) mass is 257 g/mol. The van der Waals surface area contributed by atoms with Crippen LogP contribution in [0.4, 0.5) is 5.82 Å². The van der Waals surface area contributed by atoms with Crippen molar-refractivity contribution in [3.8, 4) is 6.07 Å². The van der Waals surface area contributed by atoms with E-state index in [0.29, 0.717) is 5.56 Å². The summed E-state index contributed by atoms with van der Waals surface area (Å²) >= 11 is 0. The Morgan fingerprint density at radius 3 is 2.63 bits per heavy atom. The van der Waals surface area contributed by atoms with Gasteiger partial charge in [-0.2, -0.15) is 5.26 Å². The topological polar surface area (TPSA) is 48.7 Å². The van der Waals surface area contributed by atoms with Gasteiger partial charge >= 0.3 is 0 Å². The Labute approximate surface area is 116 Å². The molecule has 3 heteroatoms. The highest BCUT2D eigenvalue weighted by Crippen LogP contribution is 2.27. The highest BCUT2D eigenvalue weighted by Gasteiger charge is 2.23. The van der Waals surface area contributed by atoms with Crippen LogP contribution in [0, 0.1) is 11.3 Å². The predicted octanol–water partition coefficient (Wildman–Crippen LogP) is 3.82. The van der Waals surface area contributed by atoms with Crippen LogP contribution in [0.2, 0.25) is 0 Å². The van der Waals surface area contributed by atoms with E-state index in [1.807, 2.05) is 6.07 Å². The second kappa shape index (κ2) is 5.61. The van der Waals surface area contributed by atoms with Crippen LogP contribution >= 0.6 is 0 Å². The molecule has 1 aliphatic carbocycles. The van der Waals surface area contributed by atoms with Gasteiger partial charge in [-0.15, -0.1) is 0 Å². The number of hydrogen-bond acceptors (Lipinski definition) is 3. The van der Waals surface area contributed by atoms with Gasteiger partial charge in [-0.1, -0.05) is 13.8 Å². The van der Waals surface area contributed by atoms with Gasteiger partial charge < -0.3 is 5.32 Å². The number of aryl methyl sites for hydroxylation is 2. The summed E-state index contributed by atoms with van der Waals surface area (Å²) in [6.07, 6.45) is 6.58. The van der Waals surface area contributed by atoms with Crippen LogP contribution in [0.1, 0.15) is 63.3 Å². The maximum absolute atomic E-state index is 9.33. The summed E-state index contributed by atoms with van der Waals surface area (Å²) in [6, 6.07) is 4.33. The van der Waals surface area contributed by atoms with Gasteiger partial charge in [-0.3, -0.25) is 0 Å². The third-order valence-corrected chi connectivity index (χ3v) is 4.40. The molecule has 0 spiro atoms. The van der Waals surface area contributed by atoms with E-state index >= 15 is 0 Å². The number of hydrogen-bond donors (Lipinski definition) is 1. The van der Waals surface area contributed by atoms with Crippen molar-refractivity contribution in [2.24, 2.45) is 0 Å². The second-order valence-corrected chi connectivity index (χ2v) is 5.70. The summed E-state index contributed by atoms with van der Waals surface area (Å²) < 4.78 is 0. The molecule has 0 aromatic carbocycles. The van der Waals surface area contributed by atoms with Crippen LogP contribution < -0.4 is 5.32 Å². The molecule has 1 aromatic rings. The van der Waals surface area contributed by atoms with Gasteiger partial charge in [0.25, 0.3) is 0 Å². The summed E-state index contributed by atoms with van der Waals surface area (Å²) in [4.78, 5) is 4.73. The van der Waals surface area contributed by atoms with Gasteiger partial charge in [-0.25, -0.2) is 4.98 Å². The molecule has 0 atom stereocenters. The molecule has 1 aromatic heterocycles. The number of fused-ring (bicyclic) bond motifs is 1. The normalized spacial score (nSPS) is 14.6. The third-order valence-electron chi connectivity index (χ3n) is 4.40. The fraction of sp³-hybridized carbons (Fsp3) is 0.625. The van der Waals surface area contributed by atoms with Crippen molar-refractivity contribution < 1.29 is 0 Å². The van der Waals surface area contributed by atoms with Gasteiger partial charge in [0.15, 0.2) is 0 Å². The lowest BCUT2D eigenvalue weighted by atomic mass is 9.93. The van der Waals surface area contributed by atoms with Crippen molar-refractivity contribution in [3.05, 3.63) is 22.9 Å². The molecule has 3 nitrogen and oxygen atoms in total. The van der Waals surface area contributed by atoms with Crippen molar-refractivity contribution in [3.63, 3.8) is 0 Å². The number of rotatable bonds is 4. The molecule has 0 aliphatic heterocycles. The fourth-order valence-corrected chi connectivity index (χ4v) is 2.53. The summed E-state index contributed by atoms with van der Waals surface area (Å²) in [7, 11) is 0. The number of pyridine rings is 1. The fourth-order valence-electron chi connectivity index (χ4n) is 2.53. The molecular formula is C16H23N3. The minimum absolute atomic E-state index is 0.0154. The molecule has 1 aliphatic rings. The lowest BCUT2D eigenvalue weighted by Gasteiger charge is -2.30. The first-order valence-corrected chi connectivity index (χ1v) is 7.33. The molecular weight excluding hydrogens is 234 g/mol. The van der Waals surface area contributed by atoms with Gasteiger partial charge in [0, 0.05) is 11.2 Å². The Kier molecular flexibility index (Phi) is 4.09. The van der Waals surface area contributed by atoms with Crippen molar-refractivity contribution >= 4 is 5.82 Å². The predicted molar refractivity (Wildman–Crippen MR) is 78.2 cm³/mol. The molecule has 0 saturated carbocycles. The first kappa shape index (κ1) is 13.9. The number of nitrogens with one attached hydrogen (secondary N) is 1. The Hall–Kier alpha value is -1.56. The number of aromatic nitrogens is 1. The molecule has 2 rings (SSSR count). The Bertz CT molecular complexity index is 495. The van der Waals surface area contributed by atoms with Gasteiger partial charge in [0.2, 0.25) is 0 Å². The summed E-state index contributed by atoms with van der Waals surface area (Å²) in [5.74, 6) is 0.773. The molecule has 0 bridgehead atoms. The summed E-state index contributed by atoms with van der Waals surface area (Å²) in [5.41, 5.74) is 3.15. The number of nitriles is 1. The van der Waals surface area contributed by atoms with Crippen molar-refractivity contribution in [1.82, 2.24) is 4.98 Å². The Morgan fingerprint density at radius 1 is 1.32 bits per heavy atom. The SMILES string of the molecule is CCC(C)(CC)Nc1nc2c(cc1C#N)CCCC2. The average molecular weight is 257 g/mol. The minimum atomic E-state index is 0.0154. The standard InChI is InChI=1S/C16H23N3/c1-4-16(3,5-2)19-15-13(11-17)10-12-8-6-7-9-14(12)18-15/h10H,4-9H2,1-3H3,(H,18,19). The van der Waals surface area contributed by atoms with E-state index in [0.717, 1.165) is 31.5 Å². The minimum Gasteiger partial charge on any atom is -0.364 e. The van der Waals surface area contributed by atoms with E-state index < -0.39 is 0 Å². The zero-order valence-corrected chi connectivity index (χ0v) is 12.2. The summed E-state index contributed by atoms with van der Waals surface area (Å²) in [5, 5.41) is 12.8. The van der Waals surface area contributed by atoms with Crippen molar-refractivity contribution in [2.75, 3.05) is 5.32 Å². The van der Waals surface area contributed by atoms with Gasteiger partial charge in [-0.05, 0) is 57.1 Å². The first-order chi connectivity index (χ1) is 9.11. The Morgan fingerprint density at radius 2 is 2.00 bits per heavy atom. The molecule has 1 heterocycles. The van der Waals surface area contributed by atoms with E-state index in [1.54, 1.807) is 0 Å². The van der Waals surface area contributed by atoms with Crippen molar-refractivity contribution in [1.29, 1.82) is 5.26 Å². The van der Waals surface area contributed by atoms with Crippen LogP contribution in [0.5, 0.6) is 0 Å². The van der Waals surface area contributed by atoms with E-state index in [2.05, 4.69) is 32.2 Å². The maximum atomic E-state index is 9.33. The highest BCUT2D eigenvalue weighted by molar-refractivity contribution is 5.55. The molecule has 0 fully saturated rings. The van der Waals surface area contributed by atoms with Gasteiger partial charge in [0.1, 0.15) is 11.9 Å². The second-order valence-electron chi connectivity index (χ2n) is 5.70. The molecule has 0 radical (unpaired) electrons. The van der Waals surface area contributed by atoms with Crippen LogP contribution in [0.25, 0.3) is 0 Å². The van der Waals surface area contributed by atoms with Gasteiger partial charge in [0.05, 0.1) is 5.56 Å². The van der Waals surface area contributed by atoms with Crippen LogP contribution in [0.3, 0.4) is 0 Å². The van der Waals surface area contributed by atoms with E-state index in [-0.39, 0.29) is 5.54 Å². The largest absolute Gasteiger partial charge is 0.364 e. The zero-order chi connectivity index (χ0) is 13.9. The number of anilines is 1. The van der Waals surface area contributed by atoms with Crippen molar-refractivity contribution in [2.45, 2.75) is 64.8 Å².